The molecule has 2 N–H and O–H groups in total. The number of hydrogen-bond acceptors (Lipinski definition) is 4. The zero-order valence-corrected chi connectivity index (χ0v) is 12.1. The molecule has 0 aliphatic carbocycles. The lowest BCUT2D eigenvalue weighted by molar-refractivity contribution is -0.135. The van der Waals surface area contributed by atoms with Crippen LogP contribution in [0.2, 0.25) is 0 Å². The van der Waals surface area contributed by atoms with E-state index in [4.69, 9.17) is 4.74 Å². The molecule has 5 heteroatoms. The third-order valence-electron chi connectivity index (χ3n) is 4.49. The van der Waals surface area contributed by atoms with Gasteiger partial charge in [-0.3, -0.25) is 9.69 Å². The van der Waals surface area contributed by atoms with Crippen molar-refractivity contribution in [2.45, 2.75) is 38.2 Å². The molecule has 1 atom stereocenters. The predicted octanol–water partition coefficient (Wildman–Crippen LogP) is 0.376. The van der Waals surface area contributed by atoms with Crippen LogP contribution in [0.15, 0.2) is 0 Å². The number of aliphatic hydroxyl groups is 1. The highest BCUT2D eigenvalue weighted by Gasteiger charge is 2.40. The van der Waals surface area contributed by atoms with E-state index in [0.717, 1.165) is 25.9 Å². The summed E-state index contributed by atoms with van der Waals surface area (Å²) in [7, 11) is 1.69. The normalized spacial score (nSPS) is 31.9. The molecule has 2 heterocycles. The number of amides is 1. The molecule has 0 aromatic rings. The summed E-state index contributed by atoms with van der Waals surface area (Å²) < 4.78 is 5.31. The third kappa shape index (κ3) is 3.46. The number of carbonyl (C=O) groups is 1. The summed E-state index contributed by atoms with van der Waals surface area (Å²) in [5.41, 5.74) is -0.965. The van der Waals surface area contributed by atoms with E-state index in [9.17, 15) is 9.90 Å². The first-order valence-corrected chi connectivity index (χ1v) is 7.22. The summed E-state index contributed by atoms with van der Waals surface area (Å²) in [4.78, 5) is 14.2. The SMILES string of the molecule is CNC(=O)C1(C)CCCN(CC2(O)CCOCC2)C1. The number of rotatable bonds is 3. The van der Waals surface area contributed by atoms with Crippen LogP contribution < -0.4 is 5.32 Å². The van der Waals surface area contributed by atoms with E-state index in [-0.39, 0.29) is 11.3 Å². The van der Waals surface area contributed by atoms with Gasteiger partial charge in [-0.15, -0.1) is 0 Å². The summed E-state index contributed by atoms with van der Waals surface area (Å²) >= 11 is 0. The van der Waals surface area contributed by atoms with Gasteiger partial charge in [-0.25, -0.2) is 0 Å². The Morgan fingerprint density at radius 2 is 2.05 bits per heavy atom. The molecule has 2 aliphatic heterocycles. The van der Waals surface area contributed by atoms with Gasteiger partial charge < -0.3 is 15.2 Å². The average molecular weight is 270 g/mol. The first kappa shape index (κ1) is 14.8. The zero-order valence-electron chi connectivity index (χ0n) is 12.1. The van der Waals surface area contributed by atoms with Crippen LogP contribution >= 0.6 is 0 Å². The van der Waals surface area contributed by atoms with Crippen molar-refractivity contribution >= 4 is 5.91 Å². The number of β-amino-alcohol motifs (C(OH)–C–C–N with tert-alkyl or cyclic N) is 1. The van der Waals surface area contributed by atoms with Gasteiger partial charge in [0.2, 0.25) is 5.91 Å². The average Bonchev–Trinajstić information content (AvgIpc) is 2.38. The molecule has 0 bridgehead atoms. The Kier molecular flexibility index (Phi) is 4.48. The minimum atomic E-state index is -0.640. The van der Waals surface area contributed by atoms with Crippen LogP contribution in [0.5, 0.6) is 0 Å². The van der Waals surface area contributed by atoms with E-state index in [1.165, 1.54) is 0 Å². The van der Waals surface area contributed by atoms with Gasteiger partial charge in [-0.1, -0.05) is 0 Å². The molecule has 1 unspecified atom stereocenters. The molecule has 2 aliphatic rings. The first-order chi connectivity index (χ1) is 8.97. The number of carbonyl (C=O) groups excluding carboxylic acids is 1. The highest BCUT2D eigenvalue weighted by atomic mass is 16.5. The van der Waals surface area contributed by atoms with Crippen LogP contribution in [-0.2, 0) is 9.53 Å². The lowest BCUT2D eigenvalue weighted by Gasteiger charge is -2.43. The first-order valence-electron chi connectivity index (χ1n) is 7.22. The molecule has 1 amide bonds. The Hall–Kier alpha value is -0.650. The van der Waals surface area contributed by atoms with Gasteiger partial charge in [0.15, 0.2) is 0 Å². The van der Waals surface area contributed by atoms with Crippen molar-refractivity contribution in [3.8, 4) is 0 Å². The largest absolute Gasteiger partial charge is 0.388 e. The van der Waals surface area contributed by atoms with Crippen molar-refractivity contribution < 1.29 is 14.6 Å². The standard InChI is InChI=1S/C14H26N2O3/c1-13(12(17)15-2)4-3-7-16(10-13)11-14(18)5-8-19-9-6-14/h18H,3-11H2,1-2H3,(H,15,17). The molecule has 2 saturated heterocycles. The molecular weight excluding hydrogens is 244 g/mol. The van der Waals surface area contributed by atoms with Crippen LogP contribution in [0.4, 0.5) is 0 Å². The van der Waals surface area contributed by atoms with Gasteiger partial charge >= 0.3 is 0 Å². The molecular formula is C14H26N2O3. The van der Waals surface area contributed by atoms with Gasteiger partial charge in [-0.2, -0.15) is 0 Å². The molecule has 0 aromatic carbocycles. The van der Waals surface area contributed by atoms with Crippen molar-refractivity contribution in [2.24, 2.45) is 5.41 Å². The fourth-order valence-corrected chi connectivity index (χ4v) is 3.29. The molecule has 2 rings (SSSR count). The van der Waals surface area contributed by atoms with Crippen LogP contribution in [0.1, 0.15) is 32.6 Å². The highest BCUT2D eigenvalue weighted by molar-refractivity contribution is 5.82. The van der Waals surface area contributed by atoms with E-state index in [1.54, 1.807) is 7.05 Å². The maximum Gasteiger partial charge on any atom is 0.226 e. The third-order valence-corrected chi connectivity index (χ3v) is 4.49. The Balaban J connectivity index is 1.95. The monoisotopic (exact) mass is 270 g/mol. The van der Waals surface area contributed by atoms with Gasteiger partial charge in [-0.05, 0) is 26.3 Å². The van der Waals surface area contributed by atoms with Gasteiger partial charge in [0.25, 0.3) is 0 Å². The summed E-state index contributed by atoms with van der Waals surface area (Å²) in [6.45, 7) is 5.65. The number of likely N-dealkylation sites (tertiary alicyclic amines) is 1. The fraction of sp³-hybridized carbons (Fsp3) is 0.929. The number of nitrogens with zero attached hydrogens (tertiary/aromatic N) is 1. The second-order valence-electron chi connectivity index (χ2n) is 6.29. The number of ether oxygens (including phenoxy) is 1. The smallest absolute Gasteiger partial charge is 0.226 e. The zero-order chi connectivity index (χ0) is 13.9. The van der Waals surface area contributed by atoms with E-state index < -0.39 is 5.60 Å². The van der Waals surface area contributed by atoms with Gasteiger partial charge in [0.05, 0.1) is 11.0 Å². The fourth-order valence-electron chi connectivity index (χ4n) is 3.29. The van der Waals surface area contributed by atoms with Crippen molar-refractivity contribution in [2.75, 3.05) is 39.9 Å². The Morgan fingerprint density at radius 3 is 2.68 bits per heavy atom. The topological polar surface area (TPSA) is 61.8 Å². The maximum absolute atomic E-state index is 12.0. The van der Waals surface area contributed by atoms with Crippen molar-refractivity contribution in [1.29, 1.82) is 0 Å². The van der Waals surface area contributed by atoms with E-state index in [1.807, 2.05) is 6.92 Å². The van der Waals surface area contributed by atoms with Gasteiger partial charge in [0, 0.05) is 46.2 Å². The summed E-state index contributed by atoms with van der Waals surface area (Å²) in [5, 5.41) is 13.3. The Bertz CT molecular complexity index is 329. The van der Waals surface area contributed by atoms with Crippen molar-refractivity contribution in [3.05, 3.63) is 0 Å². The van der Waals surface area contributed by atoms with Crippen molar-refractivity contribution in [1.82, 2.24) is 10.2 Å². The molecule has 0 radical (unpaired) electrons. The predicted molar refractivity (Wildman–Crippen MR) is 72.9 cm³/mol. The quantitative estimate of drug-likeness (QED) is 0.778. The number of hydrogen-bond donors (Lipinski definition) is 2. The lowest BCUT2D eigenvalue weighted by atomic mass is 9.80. The van der Waals surface area contributed by atoms with E-state index >= 15 is 0 Å². The minimum Gasteiger partial charge on any atom is -0.388 e. The molecule has 0 spiro atoms. The van der Waals surface area contributed by atoms with Crippen molar-refractivity contribution in [3.63, 3.8) is 0 Å². The number of nitrogens with one attached hydrogen (secondary N) is 1. The molecule has 110 valence electrons. The van der Waals surface area contributed by atoms with Crippen LogP contribution in [-0.4, -0.2) is 61.4 Å². The Morgan fingerprint density at radius 1 is 1.37 bits per heavy atom. The Labute approximate surface area is 115 Å². The van der Waals surface area contributed by atoms with E-state index in [2.05, 4.69) is 10.2 Å². The highest BCUT2D eigenvalue weighted by Crippen LogP contribution is 2.31. The summed E-state index contributed by atoms with van der Waals surface area (Å²) in [5.74, 6) is 0.108. The molecule has 0 aromatic heterocycles. The van der Waals surface area contributed by atoms with Gasteiger partial charge in [0.1, 0.15) is 0 Å². The number of piperidine rings is 1. The van der Waals surface area contributed by atoms with Crippen LogP contribution in [0, 0.1) is 5.41 Å². The second-order valence-corrected chi connectivity index (χ2v) is 6.29. The maximum atomic E-state index is 12.0. The molecule has 0 saturated carbocycles. The second kappa shape index (κ2) is 5.77. The molecule has 19 heavy (non-hydrogen) atoms. The summed E-state index contributed by atoms with van der Waals surface area (Å²) in [6, 6.07) is 0. The van der Waals surface area contributed by atoms with Crippen LogP contribution in [0.3, 0.4) is 0 Å². The molecule has 5 nitrogen and oxygen atoms in total. The minimum absolute atomic E-state index is 0.108. The molecule has 2 fully saturated rings. The lowest BCUT2D eigenvalue weighted by Crippen LogP contribution is -2.54. The van der Waals surface area contributed by atoms with Crippen LogP contribution in [0.25, 0.3) is 0 Å². The summed E-state index contributed by atoms with van der Waals surface area (Å²) in [6.07, 6.45) is 3.32. The van der Waals surface area contributed by atoms with E-state index in [0.29, 0.717) is 32.6 Å².